The predicted molar refractivity (Wildman–Crippen MR) is 59.4 cm³/mol. The van der Waals surface area contributed by atoms with Gasteiger partial charge in [0.2, 0.25) is 0 Å². The van der Waals surface area contributed by atoms with Gasteiger partial charge >= 0.3 is 5.97 Å². The number of piperidine rings is 1. The lowest BCUT2D eigenvalue weighted by atomic mass is 9.82. The van der Waals surface area contributed by atoms with Crippen LogP contribution in [0.2, 0.25) is 0 Å². The zero-order valence-electron chi connectivity index (χ0n) is 9.95. The average molecular weight is 214 g/mol. The van der Waals surface area contributed by atoms with Crippen LogP contribution in [0.3, 0.4) is 0 Å². The SMILES string of the molecule is COC(=O)C(N)CN1CCC(C)(C)CC1. The molecular weight excluding hydrogens is 192 g/mol. The van der Waals surface area contributed by atoms with E-state index in [9.17, 15) is 4.79 Å². The standard InChI is InChI=1S/C11H22N2O2/c1-11(2)4-6-13(7-5-11)8-9(12)10(14)15-3/h9H,4-8,12H2,1-3H3. The lowest BCUT2D eigenvalue weighted by Crippen LogP contribution is -2.47. The molecule has 0 aromatic rings. The summed E-state index contributed by atoms with van der Waals surface area (Å²) in [6, 6.07) is -0.504. The maximum absolute atomic E-state index is 11.1. The van der Waals surface area contributed by atoms with Crippen LogP contribution < -0.4 is 5.73 Å². The first kappa shape index (κ1) is 12.5. The van der Waals surface area contributed by atoms with E-state index in [1.54, 1.807) is 0 Å². The largest absolute Gasteiger partial charge is 0.468 e. The number of nitrogens with two attached hydrogens (primary N) is 1. The second kappa shape index (κ2) is 4.94. The molecule has 1 unspecified atom stereocenters. The number of nitrogens with zero attached hydrogens (tertiary/aromatic N) is 1. The Morgan fingerprint density at radius 1 is 1.47 bits per heavy atom. The van der Waals surface area contributed by atoms with Crippen molar-refractivity contribution in [1.29, 1.82) is 0 Å². The summed E-state index contributed by atoms with van der Waals surface area (Å²) in [7, 11) is 1.38. The third-order valence-corrected chi connectivity index (χ3v) is 3.17. The zero-order chi connectivity index (χ0) is 11.5. The van der Waals surface area contributed by atoms with Crippen LogP contribution in [-0.4, -0.2) is 43.7 Å². The molecule has 15 heavy (non-hydrogen) atoms. The first-order valence-electron chi connectivity index (χ1n) is 5.50. The van der Waals surface area contributed by atoms with Crippen LogP contribution in [0.4, 0.5) is 0 Å². The molecule has 0 aromatic heterocycles. The molecule has 0 aromatic carbocycles. The van der Waals surface area contributed by atoms with E-state index in [1.165, 1.54) is 20.0 Å². The Balaban J connectivity index is 2.32. The lowest BCUT2D eigenvalue weighted by molar-refractivity contribution is -0.142. The van der Waals surface area contributed by atoms with E-state index in [1.807, 2.05) is 0 Å². The van der Waals surface area contributed by atoms with Crippen LogP contribution in [-0.2, 0) is 9.53 Å². The van der Waals surface area contributed by atoms with Crippen molar-refractivity contribution in [3.63, 3.8) is 0 Å². The Labute approximate surface area is 91.8 Å². The van der Waals surface area contributed by atoms with Gasteiger partial charge in [0.25, 0.3) is 0 Å². The number of carbonyl (C=O) groups excluding carboxylic acids is 1. The number of hydrogen-bond donors (Lipinski definition) is 1. The summed E-state index contributed by atoms with van der Waals surface area (Å²) in [5, 5.41) is 0. The Hall–Kier alpha value is -0.610. The number of likely N-dealkylation sites (tertiary alicyclic amines) is 1. The van der Waals surface area contributed by atoms with E-state index >= 15 is 0 Å². The van der Waals surface area contributed by atoms with Gasteiger partial charge < -0.3 is 15.4 Å². The lowest BCUT2D eigenvalue weighted by Gasteiger charge is -2.37. The quantitative estimate of drug-likeness (QED) is 0.699. The van der Waals surface area contributed by atoms with Crippen molar-refractivity contribution in [3.05, 3.63) is 0 Å². The molecule has 4 nitrogen and oxygen atoms in total. The minimum absolute atomic E-state index is 0.320. The Bertz CT molecular complexity index is 219. The fourth-order valence-corrected chi connectivity index (χ4v) is 1.85. The molecule has 0 radical (unpaired) electrons. The smallest absolute Gasteiger partial charge is 0.323 e. The summed E-state index contributed by atoms with van der Waals surface area (Å²) in [4.78, 5) is 13.4. The number of ether oxygens (including phenoxy) is 1. The van der Waals surface area contributed by atoms with Crippen LogP contribution in [0.15, 0.2) is 0 Å². The molecule has 1 atom stereocenters. The minimum Gasteiger partial charge on any atom is -0.468 e. The van der Waals surface area contributed by atoms with Crippen molar-refractivity contribution < 1.29 is 9.53 Å². The Morgan fingerprint density at radius 3 is 2.47 bits per heavy atom. The second-order valence-electron chi connectivity index (χ2n) is 5.09. The number of rotatable bonds is 3. The molecule has 4 heteroatoms. The Kier molecular flexibility index (Phi) is 4.11. The molecule has 0 aliphatic carbocycles. The highest BCUT2D eigenvalue weighted by Crippen LogP contribution is 2.29. The van der Waals surface area contributed by atoms with Gasteiger partial charge in [0.1, 0.15) is 6.04 Å². The molecule has 1 fully saturated rings. The molecule has 2 N–H and O–H groups in total. The third-order valence-electron chi connectivity index (χ3n) is 3.17. The number of esters is 1. The maximum Gasteiger partial charge on any atom is 0.323 e. The first-order valence-corrected chi connectivity index (χ1v) is 5.50. The monoisotopic (exact) mass is 214 g/mol. The van der Waals surface area contributed by atoms with E-state index in [4.69, 9.17) is 5.73 Å². The molecule has 1 aliphatic rings. The highest BCUT2D eigenvalue weighted by atomic mass is 16.5. The topological polar surface area (TPSA) is 55.6 Å². The van der Waals surface area contributed by atoms with Gasteiger partial charge in [-0.3, -0.25) is 4.79 Å². The van der Waals surface area contributed by atoms with Gasteiger partial charge in [-0.1, -0.05) is 13.8 Å². The summed E-state index contributed by atoms with van der Waals surface area (Å²) in [6.45, 7) is 7.23. The molecular formula is C11H22N2O2. The fraction of sp³-hybridized carbons (Fsp3) is 0.909. The van der Waals surface area contributed by atoms with Gasteiger partial charge in [0.15, 0.2) is 0 Å². The van der Waals surface area contributed by atoms with Crippen LogP contribution in [0.1, 0.15) is 26.7 Å². The maximum atomic E-state index is 11.1. The minimum atomic E-state index is -0.504. The fourth-order valence-electron chi connectivity index (χ4n) is 1.85. The van der Waals surface area contributed by atoms with Crippen molar-refractivity contribution in [2.75, 3.05) is 26.7 Å². The van der Waals surface area contributed by atoms with Gasteiger partial charge in [0.05, 0.1) is 7.11 Å². The summed E-state index contributed by atoms with van der Waals surface area (Å²) < 4.78 is 4.60. The molecule has 0 bridgehead atoms. The van der Waals surface area contributed by atoms with Gasteiger partial charge in [-0.15, -0.1) is 0 Å². The normalized spacial score (nSPS) is 23.5. The van der Waals surface area contributed by atoms with Gasteiger partial charge in [-0.2, -0.15) is 0 Å². The van der Waals surface area contributed by atoms with E-state index in [-0.39, 0.29) is 5.97 Å². The van der Waals surface area contributed by atoms with Gasteiger partial charge in [-0.25, -0.2) is 0 Å². The third kappa shape index (κ3) is 3.80. The zero-order valence-corrected chi connectivity index (χ0v) is 9.95. The summed E-state index contributed by atoms with van der Waals surface area (Å²) in [5.41, 5.74) is 6.15. The number of methoxy groups -OCH3 is 1. The molecule has 1 aliphatic heterocycles. The summed E-state index contributed by atoms with van der Waals surface area (Å²) >= 11 is 0. The van der Waals surface area contributed by atoms with Crippen molar-refractivity contribution in [1.82, 2.24) is 4.90 Å². The molecule has 88 valence electrons. The predicted octanol–water partition coefficient (Wildman–Crippen LogP) is 0.609. The molecule has 0 saturated carbocycles. The van der Waals surface area contributed by atoms with Crippen molar-refractivity contribution >= 4 is 5.97 Å². The van der Waals surface area contributed by atoms with Crippen LogP contribution in [0.5, 0.6) is 0 Å². The second-order valence-corrected chi connectivity index (χ2v) is 5.09. The van der Waals surface area contributed by atoms with Crippen molar-refractivity contribution in [2.24, 2.45) is 11.1 Å². The molecule has 1 saturated heterocycles. The van der Waals surface area contributed by atoms with E-state index < -0.39 is 6.04 Å². The van der Waals surface area contributed by atoms with Crippen LogP contribution >= 0.6 is 0 Å². The van der Waals surface area contributed by atoms with Crippen molar-refractivity contribution in [3.8, 4) is 0 Å². The molecule has 1 heterocycles. The molecule has 0 spiro atoms. The highest BCUT2D eigenvalue weighted by Gasteiger charge is 2.27. The Morgan fingerprint density at radius 2 is 2.00 bits per heavy atom. The number of hydrogen-bond acceptors (Lipinski definition) is 4. The highest BCUT2D eigenvalue weighted by molar-refractivity contribution is 5.75. The van der Waals surface area contributed by atoms with E-state index in [2.05, 4.69) is 23.5 Å². The summed E-state index contributed by atoms with van der Waals surface area (Å²) in [5.74, 6) is -0.320. The number of carbonyl (C=O) groups is 1. The summed E-state index contributed by atoms with van der Waals surface area (Å²) in [6.07, 6.45) is 2.34. The first-order chi connectivity index (χ1) is 6.94. The van der Waals surface area contributed by atoms with Crippen molar-refractivity contribution in [2.45, 2.75) is 32.7 Å². The average Bonchev–Trinajstić information content (AvgIpc) is 2.20. The molecule has 1 rings (SSSR count). The van der Waals surface area contributed by atoms with E-state index in [0.717, 1.165) is 13.1 Å². The van der Waals surface area contributed by atoms with Crippen LogP contribution in [0.25, 0.3) is 0 Å². The van der Waals surface area contributed by atoms with Gasteiger partial charge in [0, 0.05) is 6.54 Å². The van der Waals surface area contributed by atoms with Gasteiger partial charge in [-0.05, 0) is 31.3 Å². The molecule has 0 amide bonds. The van der Waals surface area contributed by atoms with E-state index in [0.29, 0.717) is 12.0 Å². The van der Waals surface area contributed by atoms with Crippen LogP contribution in [0, 0.1) is 5.41 Å².